The van der Waals surface area contributed by atoms with Gasteiger partial charge in [0, 0.05) is 11.8 Å². The number of rotatable bonds is 3. The van der Waals surface area contributed by atoms with Crippen molar-refractivity contribution in [3.63, 3.8) is 0 Å². The van der Waals surface area contributed by atoms with Gasteiger partial charge >= 0.3 is 0 Å². The quantitative estimate of drug-likeness (QED) is 0.628. The molecule has 0 aromatic carbocycles. The highest BCUT2D eigenvalue weighted by Gasteiger charge is 2.30. The number of Topliss-reactive ketones (excluding diaryl/α,β-unsaturated/α-hetero) is 1. The minimum atomic E-state index is 0.314. The van der Waals surface area contributed by atoms with Crippen LogP contribution in [0.1, 0.15) is 39.0 Å². The maximum atomic E-state index is 10.9. The normalized spacial score (nSPS) is 31.1. The lowest BCUT2D eigenvalue weighted by atomic mass is 9.80. The molecule has 1 saturated carbocycles. The lowest BCUT2D eigenvalue weighted by molar-refractivity contribution is -0.538. The summed E-state index contributed by atoms with van der Waals surface area (Å²) in [6, 6.07) is 0. The van der Waals surface area contributed by atoms with Crippen molar-refractivity contribution in [2.24, 2.45) is 11.8 Å². The summed E-state index contributed by atoms with van der Waals surface area (Å²) in [5.41, 5.74) is 0. The van der Waals surface area contributed by atoms with Crippen LogP contribution < -0.4 is 0 Å². The molecular formula is C12H20NO+. The van der Waals surface area contributed by atoms with Gasteiger partial charge in [-0.05, 0) is 26.2 Å². The van der Waals surface area contributed by atoms with E-state index in [2.05, 4.69) is 10.8 Å². The molecule has 14 heavy (non-hydrogen) atoms. The Morgan fingerprint density at radius 2 is 2.36 bits per heavy atom. The molecule has 1 heterocycles. The van der Waals surface area contributed by atoms with Crippen LogP contribution >= 0.6 is 0 Å². The summed E-state index contributed by atoms with van der Waals surface area (Å²) in [5.74, 6) is 2.04. The molecule has 2 nitrogen and oxygen atoms in total. The molecule has 0 unspecified atom stereocenters. The van der Waals surface area contributed by atoms with Gasteiger partial charge in [0.1, 0.15) is 25.1 Å². The highest BCUT2D eigenvalue weighted by atomic mass is 16.1. The number of hydrogen-bond acceptors (Lipinski definition) is 1. The molecule has 2 atom stereocenters. The summed E-state index contributed by atoms with van der Waals surface area (Å²) in [4.78, 5) is 10.9. The first-order chi connectivity index (χ1) is 6.74. The molecule has 1 aliphatic heterocycles. The second-order valence-corrected chi connectivity index (χ2v) is 4.89. The van der Waals surface area contributed by atoms with Crippen molar-refractivity contribution in [1.29, 1.82) is 0 Å². The van der Waals surface area contributed by atoms with Crippen LogP contribution in [0.2, 0.25) is 0 Å². The topological polar surface area (TPSA) is 20.1 Å². The van der Waals surface area contributed by atoms with Gasteiger partial charge in [0.25, 0.3) is 0 Å². The molecule has 2 rings (SSSR count). The molecule has 1 fully saturated rings. The van der Waals surface area contributed by atoms with Gasteiger partial charge in [0.15, 0.2) is 0 Å². The van der Waals surface area contributed by atoms with Gasteiger partial charge in [-0.2, -0.15) is 0 Å². The third-order valence-electron chi connectivity index (χ3n) is 3.49. The van der Waals surface area contributed by atoms with E-state index in [1.54, 1.807) is 6.92 Å². The molecule has 0 aromatic rings. The minimum absolute atomic E-state index is 0.314. The molecule has 0 saturated heterocycles. The third kappa shape index (κ3) is 2.43. The Bertz CT molecular complexity index is 257. The van der Waals surface area contributed by atoms with Crippen LogP contribution in [0.3, 0.4) is 0 Å². The van der Waals surface area contributed by atoms with Gasteiger partial charge in [0.05, 0.1) is 6.42 Å². The summed E-state index contributed by atoms with van der Waals surface area (Å²) in [5, 5.41) is 0. The Balaban J connectivity index is 1.92. The monoisotopic (exact) mass is 194 g/mol. The maximum absolute atomic E-state index is 10.9. The summed E-state index contributed by atoms with van der Waals surface area (Å²) in [7, 11) is 0. The average molecular weight is 194 g/mol. The van der Waals surface area contributed by atoms with Crippen LogP contribution in [-0.2, 0) is 4.79 Å². The lowest BCUT2D eigenvalue weighted by Gasteiger charge is -2.29. The fourth-order valence-electron chi connectivity index (χ4n) is 2.79. The molecule has 0 radical (unpaired) electrons. The fourth-order valence-corrected chi connectivity index (χ4v) is 2.79. The molecule has 2 heteroatoms. The number of fused-ring (bicyclic) bond motifs is 2. The van der Waals surface area contributed by atoms with Crippen LogP contribution in [0.15, 0.2) is 0 Å². The number of carbonyl (C=O) groups excluding carboxylic acids is 1. The molecule has 2 bridgehead atoms. The number of ketones is 1. The molecule has 78 valence electrons. The zero-order chi connectivity index (χ0) is 9.97. The molecule has 0 N–H and O–H groups in total. The zero-order valence-corrected chi connectivity index (χ0v) is 9.04. The highest BCUT2D eigenvalue weighted by molar-refractivity contribution is 5.75. The Morgan fingerprint density at radius 3 is 3.07 bits per heavy atom. The minimum Gasteiger partial charge on any atom is -0.300 e. The van der Waals surface area contributed by atoms with Gasteiger partial charge < -0.3 is 0 Å². The fraction of sp³-hybridized carbons (Fsp3) is 0.833. The van der Waals surface area contributed by atoms with Crippen molar-refractivity contribution in [2.75, 3.05) is 13.1 Å². The van der Waals surface area contributed by atoms with Gasteiger partial charge in [-0.1, -0.05) is 6.42 Å². The van der Waals surface area contributed by atoms with Crippen molar-refractivity contribution in [2.45, 2.75) is 39.0 Å². The van der Waals surface area contributed by atoms with Crippen LogP contribution in [0.5, 0.6) is 0 Å². The van der Waals surface area contributed by atoms with E-state index in [-0.39, 0.29) is 0 Å². The van der Waals surface area contributed by atoms with E-state index in [1.807, 2.05) is 0 Å². The van der Waals surface area contributed by atoms with Crippen molar-refractivity contribution in [1.82, 2.24) is 0 Å². The van der Waals surface area contributed by atoms with Gasteiger partial charge in [0.2, 0.25) is 0 Å². The second-order valence-electron chi connectivity index (χ2n) is 4.89. The Labute approximate surface area is 86.0 Å². The van der Waals surface area contributed by atoms with E-state index < -0.39 is 0 Å². The van der Waals surface area contributed by atoms with Crippen LogP contribution in [-0.4, -0.2) is 29.7 Å². The Hall–Kier alpha value is -0.660. The van der Waals surface area contributed by atoms with E-state index >= 15 is 0 Å². The van der Waals surface area contributed by atoms with Gasteiger partial charge in [-0.3, -0.25) is 4.79 Å². The highest BCUT2D eigenvalue weighted by Crippen LogP contribution is 2.30. The predicted molar refractivity (Wildman–Crippen MR) is 56.8 cm³/mol. The molecule has 0 amide bonds. The van der Waals surface area contributed by atoms with E-state index in [9.17, 15) is 4.79 Å². The van der Waals surface area contributed by atoms with Crippen molar-refractivity contribution >= 4 is 12.0 Å². The first-order valence-corrected chi connectivity index (χ1v) is 5.82. The first kappa shape index (κ1) is 9.88. The van der Waals surface area contributed by atoms with Crippen molar-refractivity contribution in [3.05, 3.63) is 0 Å². The first-order valence-electron chi connectivity index (χ1n) is 5.82. The SMILES string of the molecule is CC(=O)CC[N+]1=C[C@@H]2CCC[C@@H](C2)C1. The smallest absolute Gasteiger partial charge is 0.149 e. The van der Waals surface area contributed by atoms with Crippen LogP contribution in [0.25, 0.3) is 0 Å². The third-order valence-corrected chi connectivity index (χ3v) is 3.49. The Morgan fingerprint density at radius 1 is 1.50 bits per heavy atom. The summed E-state index contributed by atoms with van der Waals surface area (Å²) in [6.07, 6.45) is 8.69. The van der Waals surface area contributed by atoms with Crippen LogP contribution in [0, 0.1) is 11.8 Å². The largest absolute Gasteiger partial charge is 0.300 e. The van der Waals surface area contributed by atoms with E-state index in [0.717, 1.165) is 24.8 Å². The number of hydrogen-bond donors (Lipinski definition) is 0. The zero-order valence-electron chi connectivity index (χ0n) is 9.04. The molecule has 0 spiro atoms. The second kappa shape index (κ2) is 4.24. The predicted octanol–water partition coefficient (Wildman–Crippen LogP) is 1.87. The van der Waals surface area contributed by atoms with Gasteiger partial charge in [-0.25, -0.2) is 4.58 Å². The molecule has 2 aliphatic rings. The van der Waals surface area contributed by atoms with Gasteiger partial charge in [-0.15, -0.1) is 0 Å². The molecule has 0 aromatic heterocycles. The maximum Gasteiger partial charge on any atom is 0.149 e. The van der Waals surface area contributed by atoms with Crippen molar-refractivity contribution in [3.8, 4) is 0 Å². The van der Waals surface area contributed by atoms with E-state index in [0.29, 0.717) is 5.78 Å². The summed E-state index contributed by atoms with van der Waals surface area (Å²) in [6.45, 7) is 3.83. The van der Waals surface area contributed by atoms with E-state index in [4.69, 9.17) is 0 Å². The lowest BCUT2D eigenvalue weighted by Crippen LogP contribution is -2.35. The molecular weight excluding hydrogens is 174 g/mol. The summed E-state index contributed by atoms with van der Waals surface area (Å²) >= 11 is 0. The number of nitrogens with zero attached hydrogens (tertiary/aromatic N) is 1. The number of carbonyl (C=O) groups is 1. The van der Waals surface area contributed by atoms with Crippen LogP contribution in [0.4, 0.5) is 0 Å². The standard InChI is InChI=1S/C12H20NO/c1-10(14)5-6-13-8-11-3-2-4-12(7-11)9-13/h8,11-12H,2-7,9H2,1H3/q+1/t11-,12+/m1/s1. The average Bonchev–Trinajstić information content (AvgIpc) is 2.14. The van der Waals surface area contributed by atoms with Crippen molar-refractivity contribution < 1.29 is 9.37 Å². The Kier molecular flexibility index (Phi) is 2.99. The van der Waals surface area contributed by atoms with E-state index in [1.165, 1.54) is 32.2 Å². The summed E-state index contributed by atoms with van der Waals surface area (Å²) < 4.78 is 2.39. The molecule has 1 aliphatic carbocycles.